The third kappa shape index (κ3) is 2.37. The van der Waals surface area contributed by atoms with Gasteiger partial charge in [-0.1, -0.05) is 12.5 Å². The highest BCUT2D eigenvalue weighted by atomic mass is 32.2. The Labute approximate surface area is 111 Å². The van der Waals surface area contributed by atoms with Crippen LogP contribution in [0.2, 0.25) is 0 Å². The smallest absolute Gasteiger partial charge is 0.160 e. The second-order valence-corrected chi connectivity index (χ2v) is 6.19. The van der Waals surface area contributed by atoms with Crippen LogP contribution in [0.25, 0.3) is 5.65 Å². The van der Waals surface area contributed by atoms with Gasteiger partial charge in [-0.15, -0.1) is 10.2 Å². The quantitative estimate of drug-likeness (QED) is 0.919. The van der Waals surface area contributed by atoms with Crippen LogP contribution in [0.1, 0.15) is 30.7 Å². The first kappa shape index (κ1) is 12.0. The molecule has 1 aliphatic rings. The van der Waals surface area contributed by atoms with E-state index in [0.29, 0.717) is 11.8 Å². The average molecular weight is 262 g/mol. The van der Waals surface area contributed by atoms with Gasteiger partial charge in [-0.2, -0.15) is 11.8 Å². The van der Waals surface area contributed by atoms with Crippen molar-refractivity contribution in [2.24, 2.45) is 5.73 Å². The molecule has 0 amide bonds. The van der Waals surface area contributed by atoms with Gasteiger partial charge < -0.3 is 5.73 Å². The molecule has 2 aromatic heterocycles. The van der Waals surface area contributed by atoms with Gasteiger partial charge in [0.15, 0.2) is 5.65 Å². The van der Waals surface area contributed by atoms with E-state index < -0.39 is 0 Å². The second kappa shape index (κ2) is 5.28. The summed E-state index contributed by atoms with van der Waals surface area (Å²) in [5.41, 5.74) is 7.73. The highest BCUT2D eigenvalue weighted by molar-refractivity contribution is 7.99. The zero-order chi connectivity index (χ0) is 12.4. The zero-order valence-electron chi connectivity index (χ0n) is 10.4. The molecule has 4 nitrogen and oxygen atoms in total. The maximum absolute atomic E-state index is 5.69. The fourth-order valence-electron chi connectivity index (χ4n) is 2.41. The van der Waals surface area contributed by atoms with Crippen molar-refractivity contribution in [1.82, 2.24) is 14.6 Å². The van der Waals surface area contributed by atoms with Crippen molar-refractivity contribution in [3.63, 3.8) is 0 Å². The van der Waals surface area contributed by atoms with Crippen molar-refractivity contribution in [2.45, 2.75) is 37.5 Å². The van der Waals surface area contributed by atoms with E-state index in [1.54, 1.807) is 0 Å². The van der Waals surface area contributed by atoms with Gasteiger partial charge in [0.05, 0.1) is 0 Å². The Morgan fingerprint density at radius 3 is 3.06 bits per heavy atom. The van der Waals surface area contributed by atoms with Crippen LogP contribution >= 0.6 is 11.8 Å². The molecule has 0 spiro atoms. The van der Waals surface area contributed by atoms with Gasteiger partial charge >= 0.3 is 0 Å². The number of thioether (sulfide) groups is 1. The summed E-state index contributed by atoms with van der Waals surface area (Å²) in [6.07, 6.45) is 7.09. The first-order chi connectivity index (χ1) is 8.86. The van der Waals surface area contributed by atoms with Crippen molar-refractivity contribution in [1.29, 1.82) is 0 Å². The van der Waals surface area contributed by atoms with E-state index in [2.05, 4.69) is 32.6 Å². The van der Waals surface area contributed by atoms with Crippen molar-refractivity contribution < 1.29 is 0 Å². The Hall–Kier alpha value is -1.07. The van der Waals surface area contributed by atoms with Gasteiger partial charge in [-0.3, -0.25) is 4.40 Å². The number of nitrogens with two attached hydrogens (primary N) is 1. The summed E-state index contributed by atoms with van der Waals surface area (Å²) >= 11 is 2.07. The molecule has 1 aliphatic heterocycles. The predicted octanol–water partition coefficient (Wildman–Crippen LogP) is 2.02. The van der Waals surface area contributed by atoms with Gasteiger partial charge in [0.25, 0.3) is 0 Å². The Kier molecular flexibility index (Phi) is 3.52. The normalized spacial score (nSPS) is 20.4. The Morgan fingerprint density at radius 1 is 1.33 bits per heavy atom. The zero-order valence-corrected chi connectivity index (χ0v) is 11.2. The maximum atomic E-state index is 5.69. The number of rotatable bonds is 3. The predicted molar refractivity (Wildman–Crippen MR) is 74.7 cm³/mol. The van der Waals surface area contributed by atoms with E-state index in [4.69, 9.17) is 5.73 Å². The number of hydrogen-bond donors (Lipinski definition) is 1. The average Bonchev–Trinajstić information content (AvgIpc) is 2.82. The molecule has 1 unspecified atom stereocenters. The largest absolute Gasteiger partial charge is 0.326 e. The molecule has 1 atom stereocenters. The lowest BCUT2D eigenvalue weighted by Crippen LogP contribution is -2.14. The van der Waals surface area contributed by atoms with E-state index >= 15 is 0 Å². The van der Waals surface area contributed by atoms with E-state index in [-0.39, 0.29) is 0 Å². The number of hydrogen-bond acceptors (Lipinski definition) is 4. The van der Waals surface area contributed by atoms with Crippen molar-refractivity contribution in [2.75, 3.05) is 5.75 Å². The highest BCUT2D eigenvalue weighted by Crippen LogP contribution is 2.27. The molecule has 0 aliphatic carbocycles. The molecule has 0 aromatic carbocycles. The van der Waals surface area contributed by atoms with Gasteiger partial charge in [0.1, 0.15) is 5.82 Å². The lowest BCUT2D eigenvalue weighted by Gasteiger charge is -2.20. The van der Waals surface area contributed by atoms with Crippen LogP contribution in [-0.2, 0) is 13.0 Å². The molecular formula is C13H18N4S. The van der Waals surface area contributed by atoms with E-state index in [0.717, 1.165) is 23.5 Å². The van der Waals surface area contributed by atoms with Crippen molar-refractivity contribution >= 4 is 17.4 Å². The van der Waals surface area contributed by atoms with E-state index in [9.17, 15) is 0 Å². The van der Waals surface area contributed by atoms with Crippen LogP contribution < -0.4 is 5.73 Å². The molecule has 3 rings (SSSR count). The number of nitrogens with zero attached hydrogens (tertiary/aromatic N) is 3. The monoisotopic (exact) mass is 262 g/mol. The molecule has 1 saturated heterocycles. The second-order valence-electron chi connectivity index (χ2n) is 4.78. The van der Waals surface area contributed by atoms with Crippen LogP contribution in [0.15, 0.2) is 18.3 Å². The molecule has 0 radical (unpaired) electrons. The standard InChI is InChI=1S/C13H18N4S/c14-8-10-4-5-12-15-16-13(17(12)9-10)7-11-3-1-2-6-18-11/h4-5,9,11H,1-3,6-8,14H2. The number of pyridine rings is 1. The molecule has 3 heterocycles. The van der Waals surface area contributed by atoms with Gasteiger partial charge in [0.2, 0.25) is 0 Å². The van der Waals surface area contributed by atoms with E-state index in [1.165, 1.54) is 25.0 Å². The molecule has 5 heteroatoms. The molecule has 2 N–H and O–H groups in total. The van der Waals surface area contributed by atoms with Gasteiger partial charge in [-0.05, 0) is 30.2 Å². The van der Waals surface area contributed by atoms with E-state index in [1.807, 2.05) is 12.1 Å². The Bertz CT molecular complexity index is 531. The van der Waals surface area contributed by atoms with Crippen LogP contribution in [0.3, 0.4) is 0 Å². The lowest BCUT2D eigenvalue weighted by molar-refractivity contribution is 0.644. The van der Waals surface area contributed by atoms with Crippen LogP contribution in [-0.4, -0.2) is 25.6 Å². The maximum Gasteiger partial charge on any atom is 0.160 e. The summed E-state index contributed by atoms with van der Waals surface area (Å²) in [6.45, 7) is 0.561. The topological polar surface area (TPSA) is 56.2 Å². The van der Waals surface area contributed by atoms with Gasteiger partial charge in [-0.25, -0.2) is 0 Å². The molecule has 18 heavy (non-hydrogen) atoms. The van der Waals surface area contributed by atoms with Crippen LogP contribution in [0.5, 0.6) is 0 Å². The third-order valence-corrected chi connectivity index (χ3v) is 4.85. The van der Waals surface area contributed by atoms with Crippen LogP contribution in [0, 0.1) is 0 Å². The van der Waals surface area contributed by atoms with Crippen molar-refractivity contribution in [3.8, 4) is 0 Å². The SMILES string of the molecule is NCc1ccc2nnc(CC3CCCCS3)n2c1. The molecule has 96 valence electrons. The third-order valence-electron chi connectivity index (χ3n) is 3.45. The van der Waals surface area contributed by atoms with Crippen molar-refractivity contribution in [3.05, 3.63) is 29.7 Å². The summed E-state index contributed by atoms with van der Waals surface area (Å²) in [4.78, 5) is 0. The highest BCUT2D eigenvalue weighted by Gasteiger charge is 2.17. The summed E-state index contributed by atoms with van der Waals surface area (Å²) in [5, 5.41) is 9.25. The minimum atomic E-state index is 0.561. The minimum Gasteiger partial charge on any atom is -0.326 e. The van der Waals surface area contributed by atoms with Gasteiger partial charge in [0, 0.05) is 24.4 Å². The summed E-state index contributed by atoms with van der Waals surface area (Å²) < 4.78 is 2.09. The number of fused-ring (bicyclic) bond motifs is 1. The first-order valence-corrected chi connectivity index (χ1v) is 7.56. The fourth-order valence-corrected chi connectivity index (χ4v) is 3.72. The molecular weight excluding hydrogens is 244 g/mol. The summed E-state index contributed by atoms with van der Waals surface area (Å²) in [7, 11) is 0. The molecule has 1 fully saturated rings. The minimum absolute atomic E-state index is 0.561. The summed E-state index contributed by atoms with van der Waals surface area (Å²) in [5.74, 6) is 2.36. The Balaban J connectivity index is 1.86. The number of aromatic nitrogens is 3. The fraction of sp³-hybridized carbons (Fsp3) is 0.538. The molecule has 2 aromatic rings. The first-order valence-electron chi connectivity index (χ1n) is 6.51. The Morgan fingerprint density at radius 2 is 2.28 bits per heavy atom. The van der Waals surface area contributed by atoms with Crippen LogP contribution in [0.4, 0.5) is 0 Å². The molecule has 0 saturated carbocycles. The molecule has 0 bridgehead atoms. The lowest BCUT2D eigenvalue weighted by atomic mass is 10.1. The summed E-state index contributed by atoms with van der Waals surface area (Å²) in [6, 6.07) is 4.01.